The van der Waals surface area contributed by atoms with Crippen molar-refractivity contribution < 1.29 is 18.6 Å². The van der Waals surface area contributed by atoms with Crippen molar-refractivity contribution in [3.63, 3.8) is 0 Å². The van der Waals surface area contributed by atoms with E-state index < -0.39 is 0 Å². The molecule has 26 heavy (non-hydrogen) atoms. The van der Waals surface area contributed by atoms with Gasteiger partial charge in [-0.05, 0) is 37.3 Å². The molecule has 1 saturated heterocycles. The van der Waals surface area contributed by atoms with Gasteiger partial charge in [0.1, 0.15) is 6.61 Å². The Hall–Kier alpha value is -2.05. The summed E-state index contributed by atoms with van der Waals surface area (Å²) >= 11 is 0. The number of oxazole rings is 1. The molecule has 0 bridgehead atoms. The van der Waals surface area contributed by atoms with E-state index in [1.165, 1.54) is 19.2 Å². The number of benzene rings is 1. The standard InChI is InChI=1S/C20H26N2O4/c1-23-18-4-2-3-16(19-17(21-14-26-19)13-15-5-6-15)20(18)25-12-9-22-7-10-24-11-8-22/h2-4,14-15H,5-13H2,1H3. The van der Waals surface area contributed by atoms with Crippen molar-refractivity contribution in [2.75, 3.05) is 46.6 Å². The van der Waals surface area contributed by atoms with Gasteiger partial charge in [-0.2, -0.15) is 0 Å². The largest absolute Gasteiger partial charge is 0.493 e. The van der Waals surface area contributed by atoms with E-state index in [-0.39, 0.29) is 0 Å². The van der Waals surface area contributed by atoms with Gasteiger partial charge in [0.2, 0.25) is 0 Å². The van der Waals surface area contributed by atoms with Crippen LogP contribution in [0.25, 0.3) is 11.3 Å². The number of methoxy groups -OCH3 is 1. The van der Waals surface area contributed by atoms with Crippen molar-refractivity contribution in [2.24, 2.45) is 5.92 Å². The summed E-state index contributed by atoms with van der Waals surface area (Å²) in [7, 11) is 1.67. The molecule has 6 nitrogen and oxygen atoms in total. The summed E-state index contributed by atoms with van der Waals surface area (Å²) in [5.74, 6) is 3.00. The molecule has 2 aromatic rings. The van der Waals surface area contributed by atoms with Crippen molar-refractivity contribution in [1.82, 2.24) is 9.88 Å². The number of para-hydroxylation sites is 1. The number of ether oxygens (including phenoxy) is 3. The van der Waals surface area contributed by atoms with E-state index in [1.54, 1.807) is 7.11 Å². The summed E-state index contributed by atoms with van der Waals surface area (Å²) in [4.78, 5) is 6.79. The summed E-state index contributed by atoms with van der Waals surface area (Å²) in [6, 6.07) is 5.90. The minimum atomic E-state index is 0.597. The number of hydrogen-bond donors (Lipinski definition) is 0. The molecule has 0 amide bonds. The minimum absolute atomic E-state index is 0.597. The maximum Gasteiger partial charge on any atom is 0.181 e. The number of nitrogens with zero attached hydrogens (tertiary/aromatic N) is 2. The van der Waals surface area contributed by atoms with Crippen LogP contribution < -0.4 is 9.47 Å². The van der Waals surface area contributed by atoms with Crippen molar-refractivity contribution in [3.05, 3.63) is 30.3 Å². The summed E-state index contributed by atoms with van der Waals surface area (Å²) < 4.78 is 22.8. The van der Waals surface area contributed by atoms with Crippen LogP contribution in [0.4, 0.5) is 0 Å². The van der Waals surface area contributed by atoms with Gasteiger partial charge in [0.05, 0.1) is 31.6 Å². The van der Waals surface area contributed by atoms with Gasteiger partial charge in [-0.15, -0.1) is 0 Å². The lowest BCUT2D eigenvalue weighted by atomic mass is 10.1. The van der Waals surface area contributed by atoms with Crippen LogP contribution in [0.2, 0.25) is 0 Å². The molecule has 2 fully saturated rings. The highest BCUT2D eigenvalue weighted by Gasteiger charge is 2.26. The number of aromatic nitrogens is 1. The molecule has 0 N–H and O–H groups in total. The fourth-order valence-corrected chi connectivity index (χ4v) is 3.33. The molecule has 0 atom stereocenters. The zero-order valence-electron chi connectivity index (χ0n) is 15.3. The highest BCUT2D eigenvalue weighted by Crippen LogP contribution is 2.41. The quantitative estimate of drug-likeness (QED) is 0.723. The lowest BCUT2D eigenvalue weighted by Crippen LogP contribution is -2.38. The fraction of sp³-hybridized carbons (Fsp3) is 0.550. The van der Waals surface area contributed by atoms with E-state index >= 15 is 0 Å². The van der Waals surface area contributed by atoms with Gasteiger partial charge in [0.15, 0.2) is 23.7 Å². The van der Waals surface area contributed by atoms with E-state index in [9.17, 15) is 0 Å². The number of morpholine rings is 1. The van der Waals surface area contributed by atoms with Crippen molar-refractivity contribution in [3.8, 4) is 22.8 Å². The minimum Gasteiger partial charge on any atom is -0.493 e. The molecule has 6 heteroatoms. The zero-order valence-corrected chi connectivity index (χ0v) is 15.3. The predicted molar refractivity (Wildman–Crippen MR) is 97.7 cm³/mol. The second-order valence-corrected chi connectivity index (χ2v) is 6.92. The lowest BCUT2D eigenvalue weighted by molar-refractivity contribution is 0.0321. The molecule has 2 aliphatic rings. The molecule has 0 radical (unpaired) electrons. The first-order valence-corrected chi connectivity index (χ1v) is 9.38. The lowest BCUT2D eigenvalue weighted by Gasteiger charge is -2.26. The molecule has 1 aromatic carbocycles. The Morgan fingerprint density at radius 2 is 2.08 bits per heavy atom. The average molecular weight is 358 g/mol. The van der Waals surface area contributed by atoms with E-state index in [0.717, 1.165) is 73.7 Å². The van der Waals surface area contributed by atoms with E-state index in [4.69, 9.17) is 18.6 Å². The number of hydrogen-bond acceptors (Lipinski definition) is 6. The molecular formula is C20H26N2O4. The average Bonchev–Trinajstić information content (AvgIpc) is 3.38. The third-order valence-corrected chi connectivity index (χ3v) is 5.02. The first-order chi connectivity index (χ1) is 12.8. The molecule has 0 spiro atoms. The fourth-order valence-electron chi connectivity index (χ4n) is 3.33. The van der Waals surface area contributed by atoms with Gasteiger partial charge in [0.25, 0.3) is 0 Å². The van der Waals surface area contributed by atoms with Crippen LogP contribution in [0.1, 0.15) is 18.5 Å². The van der Waals surface area contributed by atoms with Crippen LogP contribution in [0.5, 0.6) is 11.5 Å². The third-order valence-electron chi connectivity index (χ3n) is 5.02. The van der Waals surface area contributed by atoms with E-state index in [1.807, 2.05) is 18.2 Å². The summed E-state index contributed by atoms with van der Waals surface area (Å²) in [5, 5.41) is 0. The molecule has 1 aliphatic carbocycles. The topological polar surface area (TPSA) is 57.0 Å². The SMILES string of the molecule is COc1cccc(-c2ocnc2CC2CC2)c1OCCN1CCOCC1. The van der Waals surface area contributed by atoms with Gasteiger partial charge in [0, 0.05) is 19.6 Å². The van der Waals surface area contributed by atoms with Crippen LogP contribution >= 0.6 is 0 Å². The zero-order chi connectivity index (χ0) is 17.8. The maximum absolute atomic E-state index is 6.17. The molecular weight excluding hydrogens is 332 g/mol. The van der Waals surface area contributed by atoms with Gasteiger partial charge in [-0.25, -0.2) is 4.98 Å². The Kier molecular flexibility index (Phi) is 5.41. The van der Waals surface area contributed by atoms with Gasteiger partial charge in [-0.3, -0.25) is 4.90 Å². The number of rotatable bonds is 8. The molecule has 1 aliphatic heterocycles. The van der Waals surface area contributed by atoms with Crippen LogP contribution in [0.15, 0.2) is 29.0 Å². The normalized spacial score (nSPS) is 18.0. The predicted octanol–water partition coefficient (Wildman–Crippen LogP) is 3.01. The molecule has 2 heterocycles. The molecule has 140 valence electrons. The van der Waals surface area contributed by atoms with Crippen LogP contribution in [0.3, 0.4) is 0 Å². The summed E-state index contributed by atoms with van der Waals surface area (Å²) in [6.07, 6.45) is 5.07. The Bertz CT molecular complexity index is 720. The van der Waals surface area contributed by atoms with E-state index in [0.29, 0.717) is 6.61 Å². The first kappa shape index (κ1) is 17.4. The monoisotopic (exact) mass is 358 g/mol. The Labute approximate surface area is 154 Å². The molecule has 4 rings (SSSR count). The van der Waals surface area contributed by atoms with Crippen molar-refractivity contribution in [2.45, 2.75) is 19.3 Å². The first-order valence-electron chi connectivity index (χ1n) is 9.38. The van der Waals surface area contributed by atoms with Gasteiger partial charge in [-0.1, -0.05) is 6.07 Å². The maximum atomic E-state index is 6.17. The van der Waals surface area contributed by atoms with Crippen molar-refractivity contribution >= 4 is 0 Å². The summed E-state index contributed by atoms with van der Waals surface area (Å²) in [6.45, 7) is 4.96. The summed E-state index contributed by atoms with van der Waals surface area (Å²) in [5.41, 5.74) is 1.93. The Morgan fingerprint density at radius 3 is 2.85 bits per heavy atom. The second-order valence-electron chi connectivity index (χ2n) is 6.92. The highest BCUT2D eigenvalue weighted by molar-refractivity contribution is 5.71. The Morgan fingerprint density at radius 1 is 1.23 bits per heavy atom. The third kappa shape index (κ3) is 4.02. The second kappa shape index (κ2) is 8.10. The molecule has 1 aromatic heterocycles. The van der Waals surface area contributed by atoms with Crippen LogP contribution in [-0.4, -0.2) is 56.4 Å². The van der Waals surface area contributed by atoms with E-state index in [2.05, 4.69) is 9.88 Å². The Balaban J connectivity index is 1.52. The molecule has 1 saturated carbocycles. The molecule has 0 unspecified atom stereocenters. The van der Waals surface area contributed by atoms with Crippen LogP contribution in [-0.2, 0) is 11.2 Å². The van der Waals surface area contributed by atoms with Gasteiger partial charge < -0.3 is 18.6 Å². The van der Waals surface area contributed by atoms with Crippen molar-refractivity contribution in [1.29, 1.82) is 0 Å². The highest BCUT2D eigenvalue weighted by atomic mass is 16.5. The van der Waals surface area contributed by atoms with Crippen LogP contribution in [0, 0.1) is 5.92 Å². The smallest absolute Gasteiger partial charge is 0.181 e. The van der Waals surface area contributed by atoms with Gasteiger partial charge >= 0.3 is 0 Å².